The lowest BCUT2D eigenvalue weighted by Gasteiger charge is -2.30. The van der Waals surface area contributed by atoms with Gasteiger partial charge in [0.2, 0.25) is 5.91 Å². The quantitative estimate of drug-likeness (QED) is 0.675. The van der Waals surface area contributed by atoms with Gasteiger partial charge in [0.05, 0.1) is 12.6 Å². The molecule has 94 valence electrons. The molecule has 0 bridgehead atoms. The van der Waals surface area contributed by atoms with Crippen LogP contribution in [0.3, 0.4) is 0 Å². The number of nitrogens with two attached hydrogens (primary N) is 1. The van der Waals surface area contributed by atoms with Crippen LogP contribution >= 0.6 is 0 Å². The van der Waals surface area contributed by atoms with Gasteiger partial charge in [0, 0.05) is 6.54 Å². The number of hydrogen-bond donors (Lipinski definition) is 1. The van der Waals surface area contributed by atoms with Crippen molar-refractivity contribution >= 4 is 11.9 Å². The molecule has 0 saturated carbocycles. The van der Waals surface area contributed by atoms with E-state index in [4.69, 9.17) is 5.73 Å². The minimum Gasteiger partial charge on any atom is -0.468 e. The van der Waals surface area contributed by atoms with Gasteiger partial charge in [0.1, 0.15) is 6.54 Å². The molecule has 1 atom stereocenters. The second-order valence-electron chi connectivity index (χ2n) is 4.07. The second kappa shape index (κ2) is 6.48. The molecule has 0 aliphatic rings. The van der Waals surface area contributed by atoms with Gasteiger partial charge in [-0.05, 0) is 19.8 Å². The highest BCUT2D eigenvalue weighted by Gasteiger charge is 2.31. The Morgan fingerprint density at radius 2 is 1.94 bits per heavy atom. The summed E-state index contributed by atoms with van der Waals surface area (Å²) in [6.45, 7) is 5.95. The first-order valence-corrected chi connectivity index (χ1v) is 5.54. The van der Waals surface area contributed by atoms with Crippen LogP contribution in [0.2, 0.25) is 0 Å². The number of amides is 1. The third-order valence-electron chi connectivity index (χ3n) is 2.55. The van der Waals surface area contributed by atoms with Crippen LogP contribution in [0.5, 0.6) is 0 Å². The summed E-state index contributed by atoms with van der Waals surface area (Å²) in [5.41, 5.74) is 4.95. The summed E-state index contributed by atoms with van der Waals surface area (Å²) in [4.78, 5) is 24.6. The Bertz CT molecular complexity index is 252. The number of carbonyl (C=O) groups excluding carboxylic acids is 2. The highest BCUT2D eigenvalue weighted by molar-refractivity contribution is 5.88. The first-order valence-electron chi connectivity index (χ1n) is 5.54. The van der Waals surface area contributed by atoms with Gasteiger partial charge in [-0.2, -0.15) is 0 Å². The van der Waals surface area contributed by atoms with Crippen molar-refractivity contribution in [3.8, 4) is 0 Å². The largest absolute Gasteiger partial charge is 0.468 e. The molecule has 0 aromatic carbocycles. The average molecular weight is 230 g/mol. The minimum absolute atomic E-state index is 0.0318. The predicted molar refractivity (Wildman–Crippen MR) is 61.8 cm³/mol. The zero-order chi connectivity index (χ0) is 12.8. The van der Waals surface area contributed by atoms with E-state index in [1.165, 1.54) is 12.0 Å². The predicted octanol–water partition coefficient (Wildman–Crippen LogP) is 0.525. The van der Waals surface area contributed by atoms with Crippen molar-refractivity contribution in [2.45, 2.75) is 39.2 Å². The Kier molecular flexibility index (Phi) is 6.03. The van der Waals surface area contributed by atoms with Crippen LogP contribution < -0.4 is 5.73 Å². The SMILES string of the molecule is CCCN(CC(=O)OC)C(=O)C(C)(N)CC. The third-order valence-corrected chi connectivity index (χ3v) is 2.55. The highest BCUT2D eigenvalue weighted by atomic mass is 16.5. The van der Waals surface area contributed by atoms with Crippen LogP contribution in [0, 0.1) is 0 Å². The maximum atomic E-state index is 12.0. The zero-order valence-corrected chi connectivity index (χ0v) is 10.6. The summed E-state index contributed by atoms with van der Waals surface area (Å²) in [5.74, 6) is -0.629. The standard InChI is InChI=1S/C11H22N2O3/c1-5-7-13(8-9(14)16-4)10(15)11(3,12)6-2/h5-8,12H2,1-4H3. The van der Waals surface area contributed by atoms with Crippen LogP contribution in [-0.2, 0) is 14.3 Å². The van der Waals surface area contributed by atoms with Crippen LogP contribution in [0.25, 0.3) is 0 Å². The van der Waals surface area contributed by atoms with E-state index in [2.05, 4.69) is 4.74 Å². The fraction of sp³-hybridized carbons (Fsp3) is 0.818. The first kappa shape index (κ1) is 14.9. The van der Waals surface area contributed by atoms with Crippen LogP contribution in [0.4, 0.5) is 0 Å². The Labute approximate surface area is 96.9 Å². The molecule has 0 spiro atoms. The molecule has 0 aromatic rings. The number of rotatable bonds is 6. The molecule has 5 heteroatoms. The topological polar surface area (TPSA) is 72.6 Å². The van der Waals surface area contributed by atoms with E-state index in [0.717, 1.165) is 6.42 Å². The van der Waals surface area contributed by atoms with E-state index in [1.807, 2.05) is 13.8 Å². The number of ether oxygens (including phenoxy) is 1. The maximum Gasteiger partial charge on any atom is 0.325 e. The Morgan fingerprint density at radius 1 is 1.38 bits per heavy atom. The zero-order valence-electron chi connectivity index (χ0n) is 10.6. The minimum atomic E-state index is -0.914. The van der Waals surface area contributed by atoms with Crippen molar-refractivity contribution in [1.82, 2.24) is 4.90 Å². The first-order chi connectivity index (χ1) is 7.38. The molecule has 5 nitrogen and oxygen atoms in total. The smallest absolute Gasteiger partial charge is 0.325 e. The van der Waals surface area contributed by atoms with Crippen LogP contribution in [0.1, 0.15) is 33.6 Å². The van der Waals surface area contributed by atoms with Gasteiger partial charge < -0.3 is 15.4 Å². The molecular formula is C11H22N2O3. The van der Waals surface area contributed by atoms with E-state index in [1.54, 1.807) is 6.92 Å². The van der Waals surface area contributed by atoms with Crippen LogP contribution in [-0.4, -0.2) is 42.5 Å². The summed E-state index contributed by atoms with van der Waals surface area (Å²) in [6.07, 6.45) is 1.32. The highest BCUT2D eigenvalue weighted by Crippen LogP contribution is 2.10. The summed E-state index contributed by atoms with van der Waals surface area (Å²) < 4.78 is 4.55. The third kappa shape index (κ3) is 4.18. The molecule has 0 saturated heterocycles. The molecule has 1 unspecified atom stereocenters. The molecule has 0 heterocycles. The van der Waals surface area contributed by atoms with E-state index in [9.17, 15) is 9.59 Å². The molecule has 0 fully saturated rings. The number of carbonyl (C=O) groups is 2. The molecule has 2 N–H and O–H groups in total. The number of methoxy groups -OCH3 is 1. The molecule has 0 aromatic heterocycles. The summed E-state index contributed by atoms with van der Waals surface area (Å²) in [7, 11) is 1.30. The van der Waals surface area contributed by atoms with Gasteiger partial charge in [-0.3, -0.25) is 9.59 Å². The van der Waals surface area contributed by atoms with Gasteiger partial charge in [-0.15, -0.1) is 0 Å². The van der Waals surface area contributed by atoms with Crippen molar-refractivity contribution < 1.29 is 14.3 Å². The van der Waals surface area contributed by atoms with E-state index in [0.29, 0.717) is 13.0 Å². The molecule has 16 heavy (non-hydrogen) atoms. The Hall–Kier alpha value is -1.10. The van der Waals surface area contributed by atoms with Crippen molar-refractivity contribution in [3.63, 3.8) is 0 Å². The van der Waals surface area contributed by atoms with Gasteiger partial charge in [-0.25, -0.2) is 0 Å². The number of hydrogen-bond acceptors (Lipinski definition) is 4. The van der Waals surface area contributed by atoms with Gasteiger partial charge in [0.15, 0.2) is 0 Å². The second-order valence-corrected chi connectivity index (χ2v) is 4.07. The summed E-state index contributed by atoms with van der Waals surface area (Å²) in [5, 5.41) is 0. The fourth-order valence-corrected chi connectivity index (χ4v) is 1.26. The number of esters is 1. The molecule has 0 radical (unpaired) electrons. The van der Waals surface area contributed by atoms with Crippen molar-refractivity contribution in [2.75, 3.05) is 20.2 Å². The lowest BCUT2D eigenvalue weighted by atomic mass is 9.98. The average Bonchev–Trinajstić information content (AvgIpc) is 2.27. The van der Waals surface area contributed by atoms with E-state index >= 15 is 0 Å². The fourth-order valence-electron chi connectivity index (χ4n) is 1.26. The lowest BCUT2D eigenvalue weighted by Crippen LogP contribution is -2.54. The normalized spacial score (nSPS) is 14.1. The molecule has 0 rings (SSSR count). The van der Waals surface area contributed by atoms with Gasteiger partial charge in [-0.1, -0.05) is 13.8 Å². The molecule has 0 aliphatic carbocycles. The van der Waals surface area contributed by atoms with E-state index < -0.39 is 11.5 Å². The van der Waals surface area contributed by atoms with E-state index in [-0.39, 0.29) is 12.5 Å². The van der Waals surface area contributed by atoms with Crippen molar-refractivity contribution in [3.05, 3.63) is 0 Å². The lowest BCUT2D eigenvalue weighted by molar-refractivity contribution is -0.148. The van der Waals surface area contributed by atoms with Gasteiger partial charge in [0.25, 0.3) is 0 Å². The van der Waals surface area contributed by atoms with Crippen LogP contribution in [0.15, 0.2) is 0 Å². The molecule has 1 amide bonds. The van der Waals surface area contributed by atoms with Crippen molar-refractivity contribution in [1.29, 1.82) is 0 Å². The molecular weight excluding hydrogens is 208 g/mol. The molecule has 0 aliphatic heterocycles. The Balaban J connectivity index is 4.64. The Morgan fingerprint density at radius 3 is 2.31 bits per heavy atom. The van der Waals surface area contributed by atoms with Crippen molar-refractivity contribution in [2.24, 2.45) is 5.73 Å². The maximum absolute atomic E-state index is 12.0. The summed E-state index contributed by atoms with van der Waals surface area (Å²) in [6, 6.07) is 0. The monoisotopic (exact) mass is 230 g/mol. The number of nitrogens with zero attached hydrogens (tertiary/aromatic N) is 1. The van der Waals surface area contributed by atoms with Gasteiger partial charge >= 0.3 is 5.97 Å². The summed E-state index contributed by atoms with van der Waals surface area (Å²) >= 11 is 0.